The highest BCUT2D eigenvalue weighted by Crippen LogP contribution is 2.40. The number of nitrogen functional groups attached to an aromatic ring is 1. The van der Waals surface area contributed by atoms with E-state index < -0.39 is 0 Å². The lowest BCUT2D eigenvalue weighted by Crippen LogP contribution is -2.23. The molecule has 1 aliphatic rings. The van der Waals surface area contributed by atoms with Crippen LogP contribution in [0, 0.1) is 13.8 Å². The van der Waals surface area contributed by atoms with E-state index in [9.17, 15) is 4.79 Å². The molecule has 4 aromatic heterocycles. The number of hydrogen-bond acceptors (Lipinski definition) is 5. The minimum absolute atomic E-state index is 0.159. The maximum absolute atomic E-state index is 12.9. The zero-order valence-corrected chi connectivity index (χ0v) is 19.8. The summed E-state index contributed by atoms with van der Waals surface area (Å²) >= 11 is 0. The molecule has 0 saturated heterocycles. The van der Waals surface area contributed by atoms with Gasteiger partial charge in [0, 0.05) is 30.5 Å². The van der Waals surface area contributed by atoms with E-state index in [1.54, 1.807) is 23.3 Å². The monoisotopic (exact) mass is 465 g/mol. The zero-order valence-electron chi connectivity index (χ0n) is 19.8. The number of hydrogen-bond donors (Lipinski definition) is 2. The number of anilines is 1. The third kappa shape index (κ3) is 4.01. The van der Waals surface area contributed by atoms with Gasteiger partial charge < -0.3 is 11.1 Å². The molecule has 1 saturated carbocycles. The van der Waals surface area contributed by atoms with Crippen molar-refractivity contribution in [3.05, 3.63) is 88.6 Å². The summed E-state index contributed by atoms with van der Waals surface area (Å²) in [5.41, 5.74) is 13.2. The van der Waals surface area contributed by atoms with Gasteiger partial charge in [0.15, 0.2) is 0 Å². The van der Waals surface area contributed by atoms with E-state index in [-0.39, 0.29) is 5.91 Å². The van der Waals surface area contributed by atoms with Crippen LogP contribution in [0.5, 0.6) is 0 Å². The van der Waals surface area contributed by atoms with Crippen molar-refractivity contribution in [3.63, 3.8) is 0 Å². The first-order valence-electron chi connectivity index (χ1n) is 11.9. The Morgan fingerprint density at radius 1 is 1.17 bits per heavy atom. The lowest BCUT2D eigenvalue weighted by atomic mass is 9.96. The predicted octanol–water partition coefficient (Wildman–Crippen LogP) is 4.13. The standard InChI is InChI=1S/C27H27N7O/c1-16-9-24-23(5-7-29-26(24)28)17(2)25(16)13-30-27(35)20-12-31-33(14-20)15-21-11-22-10-19(18-3-4-18)6-8-34(22)32-21/h5-12,14,18H,3-4,13,15H2,1-2H3,(H2,28,29)(H,30,35). The van der Waals surface area contributed by atoms with Gasteiger partial charge in [-0.3, -0.25) is 9.48 Å². The van der Waals surface area contributed by atoms with E-state index in [4.69, 9.17) is 5.73 Å². The fourth-order valence-corrected chi connectivity index (χ4v) is 4.82. The molecular formula is C27H27N7O. The minimum Gasteiger partial charge on any atom is -0.383 e. The highest BCUT2D eigenvalue weighted by Gasteiger charge is 2.23. The average molecular weight is 466 g/mol. The number of aromatic nitrogens is 5. The fraction of sp³-hybridized carbons (Fsp3) is 0.259. The maximum atomic E-state index is 12.9. The molecule has 8 nitrogen and oxygen atoms in total. The number of fused-ring (bicyclic) bond motifs is 2. The third-order valence-corrected chi connectivity index (χ3v) is 6.95. The number of benzene rings is 1. The SMILES string of the molecule is Cc1cc2c(N)nccc2c(C)c1CNC(=O)c1cnn(Cc2cc3cc(C4CC4)ccn3n2)c1. The van der Waals surface area contributed by atoms with Crippen LogP contribution in [0.3, 0.4) is 0 Å². The first-order valence-corrected chi connectivity index (χ1v) is 11.9. The summed E-state index contributed by atoms with van der Waals surface area (Å²) in [5.74, 6) is 1.07. The van der Waals surface area contributed by atoms with E-state index in [0.717, 1.165) is 38.7 Å². The van der Waals surface area contributed by atoms with Crippen molar-refractivity contribution < 1.29 is 4.79 Å². The summed E-state index contributed by atoms with van der Waals surface area (Å²) in [4.78, 5) is 17.0. The molecule has 0 unspecified atom stereocenters. The molecule has 0 atom stereocenters. The fourth-order valence-electron chi connectivity index (χ4n) is 4.82. The number of nitrogens with one attached hydrogen (secondary N) is 1. The largest absolute Gasteiger partial charge is 0.383 e. The van der Waals surface area contributed by atoms with E-state index in [2.05, 4.69) is 45.6 Å². The Labute approximate surface area is 202 Å². The maximum Gasteiger partial charge on any atom is 0.254 e. The topological polar surface area (TPSA) is 103 Å². The molecule has 4 heterocycles. The Morgan fingerprint density at radius 2 is 2.03 bits per heavy atom. The molecule has 0 radical (unpaired) electrons. The highest BCUT2D eigenvalue weighted by atomic mass is 16.1. The smallest absolute Gasteiger partial charge is 0.254 e. The summed E-state index contributed by atoms with van der Waals surface area (Å²) in [6.45, 7) is 5.01. The Kier molecular flexibility index (Phi) is 5.02. The summed E-state index contributed by atoms with van der Waals surface area (Å²) in [6, 6.07) is 10.5. The van der Waals surface area contributed by atoms with Crippen LogP contribution in [0.25, 0.3) is 16.3 Å². The van der Waals surface area contributed by atoms with Gasteiger partial charge in [-0.25, -0.2) is 9.50 Å². The first kappa shape index (κ1) is 21.3. The van der Waals surface area contributed by atoms with Gasteiger partial charge in [0.05, 0.1) is 29.5 Å². The Morgan fingerprint density at radius 3 is 2.86 bits per heavy atom. The van der Waals surface area contributed by atoms with Gasteiger partial charge in [-0.1, -0.05) is 0 Å². The van der Waals surface area contributed by atoms with Crippen molar-refractivity contribution in [1.82, 2.24) is 29.7 Å². The van der Waals surface area contributed by atoms with Crippen molar-refractivity contribution in [2.24, 2.45) is 0 Å². The van der Waals surface area contributed by atoms with Crippen LogP contribution in [0.15, 0.2) is 55.1 Å². The first-order chi connectivity index (χ1) is 17.0. The number of nitrogens with zero attached hydrogens (tertiary/aromatic N) is 5. The molecular weight excluding hydrogens is 438 g/mol. The molecule has 5 aromatic rings. The molecule has 176 valence electrons. The van der Waals surface area contributed by atoms with Gasteiger partial charge in [0.2, 0.25) is 0 Å². The van der Waals surface area contributed by atoms with Crippen molar-refractivity contribution in [2.75, 3.05) is 5.73 Å². The van der Waals surface area contributed by atoms with E-state index in [1.165, 1.54) is 18.4 Å². The normalized spacial score (nSPS) is 13.5. The molecule has 0 spiro atoms. The molecule has 0 bridgehead atoms. The molecule has 0 aliphatic heterocycles. The van der Waals surface area contributed by atoms with Crippen LogP contribution in [-0.2, 0) is 13.1 Å². The number of aryl methyl sites for hydroxylation is 2. The average Bonchev–Trinajstić information content (AvgIpc) is 3.46. The number of rotatable bonds is 6. The minimum atomic E-state index is -0.159. The highest BCUT2D eigenvalue weighted by molar-refractivity contribution is 5.95. The lowest BCUT2D eigenvalue weighted by molar-refractivity contribution is 0.0950. The molecule has 35 heavy (non-hydrogen) atoms. The van der Waals surface area contributed by atoms with Crippen molar-refractivity contribution in [3.8, 4) is 0 Å². The molecule has 1 amide bonds. The molecule has 3 N–H and O–H groups in total. The van der Waals surface area contributed by atoms with Crippen LogP contribution < -0.4 is 11.1 Å². The zero-order chi connectivity index (χ0) is 24.1. The molecule has 1 aromatic carbocycles. The van der Waals surface area contributed by atoms with Gasteiger partial charge in [-0.05, 0) is 90.6 Å². The summed E-state index contributed by atoms with van der Waals surface area (Å²) < 4.78 is 3.65. The van der Waals surface area contributed by atoms with Gasteiger partial charge in [0.1, 0.15) is 5.82 Å². The van der Waals surface area contributed by atoms with Crippen molar-refractivity contribution in [2.45, 2.75) is 45.7 Å². The van der Waals surface area contributed by atoms with Crippen LogP contribution in [0.1, 0.15) is 57.1 Å². The summed E-state index contributed by atoms with van der Waals surface area (Å²) in [7, 11) is 0. The van der Waals surface area contributed by atoms with E-state index in [1.807, 2.05) is 29.8 Å². The number of nitrogens with two attached hydrogens (primary N) is 1. The molecule has 1 fully saturated rings. The Balaban J connectivity index is 1.15. The van der Waals surface area contributed by atoms with E-state index in [0.29, 0.717) is 30.4 Å². The molecule has 8 heteroatoms. The van der Waals surface area contributed by atoms with Crippen molar-refractivity contribution in [1.29, 1.82) is 0 Å². The van der Waals surface area contributed by atoms with Gasteiger partial charge in [-0.15, -0.1) is 0 Å². The lowest BCUT2D eigenvalue weighted by Gasteiger charge is -2.14. The predicted molar refractivity (Wildman–Crippen MR) is 135 cm³/mol. The molecule has 6 rings (SSSR count). The van der Waals surface area contributed by atoms with Gasteiger partial charge in [-0.2, -0.15) is 10.2 Å². The number of carbonyl (C=O) groups is 1. The van der Waals surface area contributed by atoms with Gasteiger partial charge >= 0.3 is 0 Å². The number of amides is 1. The van der Waals surface area contributed by atoms with E-state index >= 15 is 0 Å². The number of carbonyl (C=O) groups excluding carboxylic acids is 1. The number of pyridine rings is 2. The van der Waals surface area contributed by atoms with Crippen LogP contribution in [0.2, 0.25) is 0 Å². The Bertz CT molecular complexity index is 1590. The van der Waals surface area contributed by atoms with Crippen molar-refractivity contribution >= 4 is 28.0 Å². The van der Waals surface area contributed by atoms with Crippen LogP contribution >= 0.6 is 0 Å². The second-order valence-electron chi connectivity index (χ2n) is 9.44. The molecule has 1 aliphatic carbocycles. The van der Waals surface area contributed by atoms with Crippen LogP contribution in [-0.4, -0.2) is 30.3 Å². The second-order valence-corrected chi connectivity index (χ2v) is 9.44. The Hall–Kier alpha value is -4.20. The summed E-state index contributed by atoms with van der Waals surface area (Å²) in [6.07, 6.45) is 9.66. The third-order valence-electron chi connectivity index (χ3n) is 6.95. The quantitative estimate of drug-likeness (QED) is 0.392. The van der Waals surface area contributed by atoms with Crippen LogP contribution in [0.4, 0.5) is 5.82 Å². The summed E-state index contributed by atoms with van der Waals surface area (Å²) in [5, 5.41) is 14.1. The second kappa shape index (κ2) is 8.23. The van der Waals surface area contributed by atoms with Gasteiger partial charge in [0.25, 0.3) is 5.91 Å².